The summed E-state index contributed by atoms with van der Waals surface area (Å²) in [5.74, 6) is 0.562. The van der Waals surface area contributed by atoms with Crippen LogP contribution in [0.1, 0.15) is 41.8 Å². The van der Waals surface area contributed by atoms with Gasteiger partial charge in [-0.25, -0.2) is 4.98 Å². The van der Waals surface area contributed by atoms with Crippen LogP contribution in [0.15, 0.2) is 0 Å². The maximum Gasteiger partial charge on any atom is 0.0975 e. The van der Waals surface area contributed by atoms with Gasteiger partial charge in [0, 0.05) is 17.3 Å². The summed E-state index contributed by atoms with van der Waals surface area (Å²) in [7, 11) is 2.15. The fraction of sp³-hybridized carbons (Fsp3) is 0.692. The second-order valence-corrected chi connectivity index (χ2v) is 6.48. The summed E-state index contributed by atoms with van der Waals surface area (Å²) in [4.78, 5) is 8.16. The Kier molecular flexibility index (Phi) is 3.24. The Balaban J connectivity index is 2.29. The van der Waals surface area contributed by atoms with Gasteiger partial charge in [-0.2, -0.15) is 5.26 Å². The molecular weight excluding hydrogens is 230 g/mol. The molecule has 1 atom stereocenters. The highest BCUT2D eigenvalue weighted by molar-refractivity contribution is 7.12. The summed E-state index contributed by atoms with van der Waals surface area (Å²) in [6.45, 7) is 8.21. The normalized spacial score (nSPS) is 21.7. The Morgan fingerprint density at radius 3 is 2.76 bits per heavy atom. The Morgan fingerprint density at radius 2 is 2.24 bits per heavy atom. The van der Waals surface area contributed by atoms with E-state index in [1.807, 2.05) is 20.8 Å². The van der Waals surface area contributed by atoms with Crippen LogP contribution >= 0.6 is 11.3 Å². The van der Waals surface area contributed by atoms with Gasteiger partial charge in [-0.05, 0) is 40.8 Å². The van der Waals surface area contributed by atoms with Crippen LogP contribution in [-0.2, 0) is 5.41 Å². The van der Waals surface area contributed by atoms with E-state index in [1.165, 1.54) is 11.4 Å². The molecule has 0 spiro atoms. The minimum atomic E-state index is -0.412. The molecule has 17 heavy (non-hydrogen) atoms. The minimum absolute atomic E-state index is 0.412. The summed E-state index contributed by atoms with van der Waals surface area (Å²) >= 11 is 1.73. The van der Waals surface area contributed by atoms with E-state index in [-0.39, 0.29) is 0 Å². The van der Waals surface area contributed by atoms with Gasteiger partial charge < -0.3 is 4.90 Å². The standard InChI is InChI=1S/C13H19N3S/c1-9-11(13(2,3)8-14)17-12(15-9)10-5-6-16(4)7-10/h10H,5-7H2,1-4H3. The second-order valence-electron chi connectivity index (χ2n) is 5.45. The van der Waals surface area contributed by atoms with Gasteiger partial charge in [0.15, 0.2) is 0 Å². The Labute approximate surface area is 107 Å². The number of likely N-dealkylation sites (tertiary alicyclic amines) is 1. The second kappa shape index (κ2) is 4.40. The van der Waals surface area contributed by atoms with Crippen LogP contribution in [0.4, 0.5) is 0 Å². The molecule has 0 amide bonds. The maximum atomic E-state index is 9.21. The van der Waals surface area contributed by atoms with Gasteiger partial charge in [-0.3, -0.25) is 0 Å². The molecule has 1 aliphatic rings. The number of nitrogens with zero attached hydrogens (tertiary/aromatic N) is 3. The molecule has 1 fully saturated rings. The Hall–Kier alpha value is -0.920. The molecule has 0 aromatic carbocycles. The van der Waals surface area contributed by atoms with Crippen molar-refractivity contribution in [3.63, 3.8) is 0 Å². The Bertz CT molecular complexity index is 456. The monoisotopic (exact) mass is 249 g/mol. The first-order chi connectivity index (χ1) is 7.94. The topological polar surface area (TPSA) is 39.9 Å². The molecule has 0 aliphatic carbocycles. The predicted molar refractivity (Wildman–Crippen MR) is 70.3 cm³/mol. The first-order valence-corrected chi connectivity index (χ1v) is 6.83. The van der Waals surface area contributed by atoms with Crippen LogP contribution in [0.2, 0.25) is 0 Å². The van der Waals surface area contributed by atoms with E-state index < -0.39 is 5.41 Å². The van der Waals surface area contributed by atoms with Crippen molar-refractivity contribution in [2.24, 2.45) is 0 Å². The van der Waals surface area contributed by atoms with Gasteiger partial charge in [0.1, 0.15) is 0 Å². The third-order valence-corrected chi connectivity index (χ3v) is 5.04. The van der Waals surface area contributed by atoms with Crippen molar-refractivity contribution in [3.8, 4) is 6.07 Å². The molecule has 2 heterocycles. The van der Waals surface area contributed by atoms with Crippen LogP contribution in [0.3, 0.4) is 0 Å². The van der Waals surface area contributed by atoms with Crippen molar-refractivity contribution in [3.05, 3.63) is 15.6 Å². The molecule has 1 aliphatic heterocycles. The van der Waals surface area contributed by atoms with E-state index >= 15 is 0 Å². The number of aryl methyl sites for hydroxylation is 1. The van der Waals surface area contributed by atoms with E-state index in [9.17, 15) is 5.26 Å². The average Bonchev–Trinajstić information content (AvgIpc) is 2.85. The number of nitriles is 1. The summed E-state index contributed by atoms with van der Waals surface area (Å²) in [6.07, 6.45) is 1.19. The molecule has 1 aromatic heterocycles. The van der Waals surface area contributed by atoms with Crippen molar-refractivity contribution in [1.82, 2.24) is 9.88 Å². The summed E-state index contributed by atoms with van der Waals surface area (Å²) < 4.78 is 0. The van der Waals surface area contributed by atoms with E-state index in [1.54, 1.807) is 11.3 Å². The van der Waals surface area contributed by atoms with Crippen molar-refractivity contribution in [2.75, 3.05) is 20.1 Å². The fourth-order valence-electron chi connectivity index (χ4n) is 2.36. The number of hydrogen-bond donors (Lipinski definition) is 0. The first kappa shape index (κ1) is 12.5. The predicted octanol–water partition coefficient (Wildman–Crippen LogP) is 2.67. The summed E-state index contributed by atoms with van der Waals surface area (Å²) in [6, 6.07) is 2.37. The number of rotatable bonds is 2. The van der Waals surface area contributed by atoms with Crippen molar-refractivity contribution in [2.45, 2.75) is 38.5 Å². The molecule has 1 unspecified atom stereocenters. The van der Waals surface area contributed by atoms with Crippen molar-refractivity contribution < 1.29 is 0 Å². The van der Waals surface area contributed by atoms with Crippen molar-refractivity contribution in [1.29, 1.82) is 5.26 Å². The highest BCUT2D eigenvalue weighted by atomic mass is 32.1. The van der Waals surface area contributed by atoms with E-state index in [0.29, 0.717) is 5.92 Å². The number of aromatic nitrogens is 1. The minimum Gasteiger partial charge on any atom is -0.306 e. The number of hydrogen-bond acceptors (Lipinski definition) is 4. The summed E-state index contributed by atoms with van der Waals surface area (Å²) in [5.41, 5.74) is 0.621. The smallest absolute Gasteiger partial charge is 0.0975 e. The highest BCUT2D eigenvalue weighted by Crippen LogP contribution is 2.36. The highest BCUT2D eigenvalue weighted by Gasteiger charge is 2.29. The molecule has 1 aromatic rings. The van der Waals surface area contributed by atoms with E-state index in [2.05, 4.69) is 23.0 Å². The Morgan fingerprint density at radius 1 is 1.53 bits per heavy atom. The van der Waals surface area contributed by atoms with Gasteiger partial charge >= 0.3 is 0 Å². The first-order valence-electron chi connectivity index (χ1n) is 6.01. The van der Waals surface area contributed by atoms with Crippen LogP contribution < -0.4 is 0 Å². The van der Waals surface area contributed by atoms with E-state index in [0.717, 1.165) is 23.7 Å². The van der Waals surface area contributed by atoms with Gasteiger partial charge in [-0.15, -0.1) is 11.3 Å². The lowest BCUT2D eigenvalue weighted by atomic mass is 9.93. The lowest BCUT2D eigenvalue weighted by Gasteiger charge is -2.13. The molecule has 0 bridgehead atoms. The SMILES string of the molecule is Cc1nc(C2CCN(C)C2)sc1C(C)(C)C#N. The third kappa shape index (κ3) is 2.36. The lowest BCUT2D eigenvalue weighted by Crippen LogP contribution is -2.13. The molecule has 0 saturated carbocycles. The molecule has 0 N–H and O–H groups in total. The number of thiazole rings is 1. The van der Waals surface area contributed by atoms with Crippen molar-refractivity contribution >= 4 is 11.3 Å². The van der Waals surface area contributed by atoms with Gasteiger partial charge in [0.2, 0.25) is 0 Å². The van der Waals surface area contributed by atoms with Crippen LogP contribution in [-0.4, -0.2) is 30.0 Å². The quantitative estimate of drug-likeness (QED) is 0.809. The fourth-order valence-corrected chi connectivity index (χ4v) is 3.60. The molecule has 4 heteroatoms. The molecule has 92 valence electrons. The lowest BCUT2D eigenvalue weighted by molar-refractivity contribution is 0.411. The molecule has 0 radical (unpaired) electrons. The third-order valence-electron chi connectivity index (χ3n) is 3.40. The maximum absolute atomic E-state index is 9.21. The molecular formula is C13H19N3S. The van der Waals surface area contributed by atoms with Gasteiger partial charge in [-0.1, -0.05) is 0 Å². The largest absolute Gasteiger partial charge is 0.306 e. The van der Waals surface area contributed by atoms with E-state index in [4.69, 9.17) is 0 Å². The molecule has 3 nitrogen and oxygen atoms in total. The van der Waals surface area contributed by atoms with Crippen LogP contribution in [0.25, 0.3) is 0 Å². The zero-order valence-electron chi connectivity index (χ0n) is 10.9. The zero-order valence-corrected chi connectivity index (χ0v) is 11.8. The number of likely N-dealkylation sites (N-methyl/N-ethyl adjacent to an activating group) is 1. The summed E-state index contributed by atoms with van der Waals surface area (Å²) in [5, 5.41) is 10.4. The van der Waals surface area contributed by atoms with Crippen LogP contribution in [0, 0.1) is 18.3 Å². The van der Waals surface area contributed by atoms with Gasteiger partial charge in [0.05, 0.1) is 22.2 Å². The molecule has 2 rings (SSSR count). The molecule has 1 saturated heterocycles. The zero-order chi connectivity index (χ0) is 12.6. The van der Waals surface area contributed by atoms with Crippen LogP contribution in [0.5, 0.6) is 0 Å². The average molecular weight is 249 g/mol. The van der Waals surface area contributed by atoms with Gasteiger partial charge in [0.25, 0.3) is 0 Å².